The number of hydrogen-bond acceptors (Lipinski definition) is 4. The van der Waals surface area contributed by atoms with Crippen LogP contribution in [0.5, 0.6) is 0 Å². The van der Waals surface area contributed by atoms with E-state index < -0.39 is 5.82 Å². The second kappa shape index (κ2) is 4.13. The zero-order valence-corrected chi connectivity index (χ0v) is 9.09. The van der Waals surface area contributed by atoms with E-state index in [1.54, 1.807) is 0 Å². The average molecular weight is 240 g/mol. The van der Waals surface area contributed by atoms with Gasteiger partial charge >= 0.3 is 0 Å². The number of amides is 2. The predicted molar refractivity (Wildman–Crippen MR) is 59.2 cm³/mol. The first-order chi connectivity index (χ1) is 7.58. The highest BCUT2D eigenvalue weighted by molar-refractivity contribution is 8.14. The summed E-state index contributed by atoms with van der Waals surface area (Å²) in [4.78, 5) is 23.7. The lowest BCUT2D eigenvalue weighted by Gasteiger charge is -2.14. The highest BCUT2D eigenvalue weighted by atomic mass is 32.2. The predicted octanol–water partition coefficient (Wildman–Crippen LogP) is 1.60. The average Bonchev–Trinajstić information content (AvgIpc) is 2.55. The molecule has 0 aromatic heterocycles. The van der Waals surface area contributed by atoms with E-state index >= 15 is 0 Å². The third-order valence-electron chi connectivity index (χ3n) is 2.27. The van der Waals surface area contributed by atoms with Crippen molar-refractivity contribution >= 4 is 28.6 Å². The van der Waals surface area contributed by atoms with Gasteiger partial charge in [0.15, 0.2) is 0 Å². The van der Waals surface area contributed by atoms with Gasteiger partial charge in [0.25, 0.3) is 5.24 Å². The van der Waals surface area contributed by atoms with Crippen LogP contribution in [-0.4, -0.2) is 21.8 Å². The Kier molecular flexibility index (Phi) is 2.82. The molecule has 6 heteroatoms. The van der Waals surface area contributed by atoms with E-state index in [9.17, 15) is 14.0 Å². The molecule has 16 heavy (non-hydrogen) atoms. The number of nitrogens with two attached hydrogens (primary N) is 1. The van der Waals surface area contributed by atoms with E-state index in [0.717, 1.165) is 16.7 Å². The van der Waals surface area contributed by atoms with Crippen molar-refractivity contribution < 1.29 is 14.0 Å². The summed E-state index contributed by atoms with van der Waals surface area (Å²) in [6.45, 7) is 0.0360. The van der Waals surface area contributed by atoms with E-state index in [-0.39, 0.29) is 23.4 Å². The monoisotopic (exact) mass is 240 g/mol. The van der Waals surface area contributed by atoms with Crippen LogP contribution in [0.25, 0.3) is 0 Å². The number of imide groups is 1. The summed E-state index contributed by atoms with van der Waals surface area (Å²) in [6, 6.07) is 3.89. The number of anilines is 1. The fourth-order valence-electron chi connectivity index (χ4n) is 1.42. The van der Waals surface area contributed by atoms with Gasteiger partial charge < -0.3 is 5.73 Å². The van der Waals surface area contributed by atoms with Crippen molar-refractivity contribution in [3.05, 3.63) is 29.6 Å². The lowest BCUT2D eigenvalue weighted by atomic mass is 10.1. The van der Waals surface area contributed by atoms with Crippen molar-refractivity contribution in [2.75, 3.05) is 11.5 Å². The van der Waals surface area contributed by atoms with Gasteiger partial charge in [0.2, 0.25) is 5.91 Å². The minimum Gasteiger partial charge on any atom is -0.398 e. The maximum absolute atomic E-state index is 13.0. The first kappa shape index (κ1) is 10.9. The first-order valence-electron chi connectivity index (χ1n) is 4.59. The Morgan fingerprint density at radius 1 is 1.44 bits per heavy atom. The quantitative estimate of drug-likeness (QED) is 0.797. The zero-order valence-electron chi connectivity index (χ0n) is 8.27. The Balaban J connectivity index is 2.23. The van der Waals surface area contributed by atoms with E-state index in [0.29, 0.717) is 11.3 Å². The second-order valence-corrected chi connectivity index (χ2v) is 4.30. The van der Waals surface area contributed by atoms with Gasteiger partial charge in [0.05, 0.1) is 12.3 Å². The van der Waals surface area contributed by atoms with Crippen LogP contribution < -0.4 is 5.73 Å². The van der Waals surface area contributed by atoms with Gasteiger partial charge in [0, 0.05) is 5.69 Å². The smallest absolute Gasteiger partial charge is 0.289 e. The van der Waals surface area contributed by atoms with Crippen LogP contribution in [0.15, 0.2) is 18.2 Å². The number of halogens is 1. The van der Waals surface area contributed by atoms with E-state index in [2.05, 4.69) is 0 Å². The molecule has 1 aromatic rings. The fourth-order valence-corrected chi connectivity index (χ4v) is 2.14. The number of rotatable bonds is 2. The molecule has 0 spiro atoms. The normalized spacial score (nSPS) is 15.9. The van der Waals surface area contributed by atoms with Gasteiger partial charge in [-0.1, -0.05) is 11.8 Å². The number of benzene rings is 1. The fraction of sp³-hybridized carbons (Fsp3) is 0.200. The number of nitrogen functional groups attached to an aromatic ring is 1. The standard InChI is InChI=1S/C10H9FN2O2S/c11-7-1-2-8(12)6(3-7)4-13-9(14)5-16-10(13)15/h1-3H,4-5,12H2. The summed E-state index contributed by atoms with van der Waals surface area (Å²) in [5.41, 5.74) is 6.46. The Hall–Kier alpha value is -1.56. The molecule has 0 bridgehead atoms. The third-order valence-corrected chi connectivity index (χ3v) is 3.13. The Bertz CT molecular complexity index is 448. The maximum atomic E-state index is 13.0. The maximum Gasteiger partial charge on any atom is 0.289 e. The molecule has 1 saturated heterocycles. The molecule has 1 heterocycles. The molecule has 4 nitrogen and oxygen atoms in total. The Morgan fingerprint density at radius 2 is 2.19 bits per heavy atom. The summed E-state index contributed by atoms with van der Waals surface area (Å²) in [5.74, 6) is -0.553. The molecule has 0 radical (unpaired) electrons. The second-order valence-electron chi connectivity index (χ2n) is 3.38. The van der Waals surface area contributed by atoms with Gasteiger partial charge in [-0.3, -0.25) is 14.5 Å². The number of carbonyl (C=O) groups excluding carboxylic acids is 2. The van der Waals surface area contributed by atoms with Gasteiger partial charge in [-0.05, 0) is 23.8 Å². The van der Waals surface area contributed by atoms with Crippen molar-refractivity contribution in [3.8, 4) is 0 Å². The summed E-state index contributed by atoms with van der Waals surface area (Å²) in [6.07, 6.45) is 0. The number of nitrogens with zero attached hydrogens (tertiary/aromatic N) is 1. The van der Waals surface area contributed by atoms with Crippen LogP contribution >= 0.6 is 11.8 Å². The van der Waals surface area contributed by atoms with Crippen molar-refractivity contribution in [1.82, 2.24) is 4.90 Å². The van der Waals surface area contributed by atoms with Gasteiger partial charge in [-0.25, -0.2) is 4.39 Å². The number of hydrogen-bond donors (Lipinski definition) is 1. The number of thioether (sulfide) groups is 1. The molecule has 2 N–H and O–H groups in total. The molecule has 1 aliphatic heterocycles. The molecule has 1 aliphatic rings. The van der Waals surface area contributed by atoms with E-state index in [1.807, 2.05) is 0 Å². The van der Waals surface area contributed by atoms with E-state index in [1.165, 1.54) is 18.2 Å². The molecule has 2 rings (SSSR count). The Labute approximate surface area is 95.6 Å². The summed E-state index contributed by atoms with van der Waals surface area (Å²) >= 11 is 0.946. The molecule has 0 saturated carbocycles. The molecular weight excluding hydrogens is 231 g/mol. The lowest BCUT2D eigenvalue weighted by Crippen LogP contribution is -2.28. The minimum atomic E-state index is -0.434. The van der Waals surface area contributed by atoms with Gasteiger partial charge in [0.1, 0.15) is 5.82 Å². The lowest BCUT2D eigenvalue weighted by molar-refractivity contribution is -0.125. The molecule has 0 unspecified atom stereocenters. The largest absolute Gasteiger partial charge is 0.398 e. The highest BCUT2D eigenvalue weighted by Crippen LogP contribution is 2.23. The van der Waals surface area contributed by atoms with E-state index in [4.69, 9.17) is 5.73 Å². The van der Waals surface area contributed by atoms with Crippen LogP contribution in [0.3, 0.4) is 0 Å². The zero-order chi connectivity index (χ0) is 11.7. The highest BCUT2D eigenvalue weighted by Gasteiger charge is 2.30. The van der Waals surface area contributed by atoms with Crippen molar-refractivity contribution in [1.29, 1.82) is 0 Å². The van der Waals surface area contributed by atoms with Crippen molar-refractivity contribution in [3.63, 3.8) is 0 Å². The molecular formula is C10H9FN2O2S. The molecule has 84 valence electrons. The molecule has 1 aromatic carbocycles. The van der Waals surface area contributed by atoms with Crippen LogP contribution in [0.4, 0.5) is 14.9 Å². The van der Waals surface area contributed by atoms with Crippen LogP contribution in [-0.2, 0) is 11.3 Å². The summed E-state index contributed by atoms with van der Waals surface area (Å²) in [7, 11) is 0. The summed E-state index contributed by atoms with van der Waals surface area (Å²) < 4.78 is 13.0. The Morgan fingerprint density at radius 3 is 2.81 bits per heavy atom. The summed E-state index contributed by atoms with van der Waals surface area (Å²) in [5, 5.41) is -0.311. The van der Waals surface area contributed by atoms with Gasteiger partial charge in [-0.15, -0.1) is 0 Å². The third kappa shape index (κ3) is 2.01. The van der Waals surface area contributed by atoms with Crippen molar-refractivity contribution in [2.45, 2.75) is 6.54 Å². The minimum absolute atomic E-state index is 0.0360. The van der Waals surface area contributed by atoms with Crippen molar-refractivity contribution in [2.24, 2.45) is 0 Å². The molecule has 1 fully saturated rings. The molecule has 0 atom stereocenters. The molecule has 2 amide bonds. The van der Waals surface area contributed by atoms with Gasteiger partial charge in [-0.2, -0.15) is 0 Å². The van der Waals surface area contributed by atoms with Crippen LogP contribution in [0.1, 0.15) is 5.56 Å². The SMILES string of the molecule is Nc1ccc(F)cc1CN1C(=O)CSC1=O. The molecule has 0 aliphatic carbocycles. The van der Waals surface area contributed by atoms with Crippen LogP contribution in [0, 0.1) is 5.82 Å². The first-order valence-corrected chi connectivity index (χ1v) is 5.57. The number of carbonyl (C=O) groups is 2. The topological polar surface area (TPSA) is 63.4 Å². The van der Waals surface area contributed by atoms with Crippen LogP contribution in [0.2, 0.25) is 0 Å².